The van der Waals surface area contributed by atoms with Crippen LogP contribution in [0.5, 0.6) is 0 Å². The second-order valence-corrected chi connectivity index (χ2v) is 7.66. The van der Waals surface area contributed by atoms with E-state index in [0.29, 0.717) is 22.3 Å². The average Bonchev–Trinajstić information content (AvgIpc) is 2.87. The Morgan fingerprint density at radius 3 is 1.25 bits per heavy atom. The van der Waals surface area contributed by atoms with Crippen LogP contribution in [0.15, 0.2) is 84.9 Å². The monoisotopic (exact) mass is 474 g/mol. The van der Waals surface area contributed by atoms with E-state index in [-0.39, 0.29) is 33.9 Å². The molecule has 0 bridgehead atoms. The second kappa shape index (κ2) is 10.1. The molecule has 8 heteroatoms. The van der Waals surface area contributed by atoms with Crippen molar-refractivity contribution in [1.82, 2.24) is 0 Å². The number of anilines is 2. The molecule has 0 aliphatic rings. The van der Waals surface area contributed by atoms with E-state index in [1.165, 1.54) is 24.3 Å². The summed E-state index contributed by atoms with van der Waals surface area (Å²) in [6.07, 6.45) is 0. The van der Waals surface area contributed by atoms with Crippen LogP contribution in [0.2, 0.25) is 0 Å². The molecular weight excluding hydrogens is 456 g/mol. The fraction of sp³-hybridized carbons (Fsp3) is 0. The van der Waals surface area contributed by atoms with E-state index in [2.05, 4.69) is 23.7 Å². The Hall–Kier alpha value is -5.60. The van der Waals surface area contributed by atoms with Gasteiger partial charge in [0.25, 0.3) is 11.4 Å². The van der Waals surface area contributed by atoms with Crippen LogP contribution >= 0.6 is 0 Å². The summed E-state index contributed by atoms with van der Waals surface area (Å²) >= 11 is 0. The average molecular weight is 474 g/mol. The molecule has 0 aliphatic heterocycles. The lowest BCUT2D eigenvalue weighted by Crippen LogP contribution is -2.01. The maximum Gasteiger partial charge on any atom is 0.292 e. The van der Waals surface area contributed by atoms with Crippen LogP contribution in [0.25, 0.3) is 11.1 Å². The number of hydrogen-bond acceptors (Lipinski definition) is 6. The number of benzene rings is 4. The van der Waals surface area contributed by atoms with Gasteiger partial charge in [0, 0.05) is 45.5 Å². The first-order valence-corrected chi connectivity index (χ1v) is 10.6. The number of hydrogen-bond donors (Lipinski definition) is 2. The molecule has 0 aliphatic carbocycles. The lowest BCUT2D eigenvalue weighted by Gasteiger charge is -2.11. The van der Waals surface area contributed by atoms with Crippen molar-refractivity contribution in [2.75, 3.05) is 11.5 Å². The Balaban J connectivity index is 2.00. The van der Waals surface area contributed by atoms with Gasteiger partial charge in [0.15, 0.2) is 0 Å². The highest BCUT2D eigenvalue weighted by Gasteiger charge is 2.22. The van der Waals surface area contributed by atoms with Crippen LogP contribution in [0.1, 0.15) is 22.3 Å². The SMILES string of the molecule is Nc1cc(C#Cc2ccccc2)c(-c2cc([N+](=O)[O-])c(N)cc2C#Cc2ccccc2)cc1[N+](=O)[O-]. The molecule has 0 spiro atoms. The van der Waals surface area contributed by atoms with Crippen LogP contribution in [0.4, 0.5) is 22.7 Å². The van der Waals surface area contributed by atoms with E-state index in [0.717, 1.165) is 0 Å². The third-order valence-corrected chi connectivity index (χ3v) is 5.25. The van der Waals surface area contributed by atoms with Crippen molar-refractivity contribution in [3.63, 3.8) is 0 Å². The summed E-state index contributed by atoms with van der Waals surface area (Å²) in [4.78, 5) is 22.1. The van der Waals surface area contributed by atoms with Gasteiger partial charge < -0.3 is 11.5 Å². The van der Waals surface area contributed by atoms with Crippen molar-refractivity contribution in [1.29, 1.82) is 0 Å². The number of nitrogens with two attached hydrogens (primary N) is 2. The summed E-state index contributed by atoms with van der Waals surface area (Å²) in [5.41, 5.74) is 13.7. The molecule has 4 rings (SSSR count). The lowest BCUT2D eigenvalue weighted by atomic mass is 9.93. The van der Waals surface area contributed by atoms with Gasteiger partial charge in [-0.2, -0.15) is 0 Å². The summed E-state index contributed by atoms with van der Waals surface area (Å²) in [7, 11) is 0. The largest absolute Gasteiger partial charge is 0.393 e. The zero-order valence-electron chi connectivity index (χ0n) is 18.8. The van der Waals surface area contributed by atoms with Gasteiger partial charge in [-0.15, -0.1) is 0 Å². The van der Waals surface area contributed by atoms with E-state index in [1.54, 1.807) is 0 Å². The zero-order valence-corrected chi connectivity index (χ0v) is 18.8. The Bertz CT molecular complexity index is 1490. The van der Waals surface area contributed by atoms with E-state index in [9.17, 15) is 20.2 Å². The lowest BCUT2D eigenvalue weighted by molar-refractivity contribution is -0.384. The maximum atomic E-state index is 11.7. The van der Waals surface area contributed by atoms with Crippen LogP contribution in [-0.4, -0.2) is 9.85 Å². The first-order valence-electron chi connectivity index (χ1n) is 10.6. The molecular formula is C28H18N4O4. The maximum absolute atomic E-state index is 11.7. The first kappa shape index (κ1) is 23.6. The molecule has 0 atom stereocenters. The highest BCUT2D eigenvalue weighted by molar-refractivity contribution is 5.85. The van der Waals surface area contributed by atoms with E-state index < -0.39 is 9.85 Å². The molecule has 0 fully saturated rings. The second-order valence-electron chi connectivity index (χ2n) is 7.66. The van der Waals surface area contributed by atoms with Crippen molar-refractivity contribution in [2.45, 2.75) is 0 Å². The third kappa shape index (κ3) is 5.14. The Kier molecular flexibility index (Phi) is 6.62. The molecule has 4 aromatic carbocycles. The molecule has 4 N–H and O–H groups in total. The fourth-order valence-corrected chi connectivity index (χ4v) is 3.50. The highest BCUT2D eigenvalue weighted by Crippen LogP contribution is 2.37. The van der Waals surface area contributed by atoms with Gasteiger partial charge in [-0.3, -0.25) is 20.2 Å². The number of nitro benzene ring substituents is 2. The molecule has 0 amide bonds. The summed E-state index contributed by atoms with van der Waals surface area (Å²) in [5, 5.41) is 23.3. The minimum Gasteiger partial charge on any atom is -0.393 e. The summed E-state index contributed by atoms with van der Waals surface area (Å²) in [5.74, 6) is 12.0. The van der Waals surface area contributed by atoms with Crippen LogP contribution < -0.4 is 11.5 Å². The summed E-state index contributed by atoms with van der Waals surface area (Å²) in [6, 6.07) is 23.6. The topological polar surface area (TPSA) is 138 Å². The molecule has 174 valence electrons. The summed E-state index contributed by atoms with van der Waals surface area (Å²) < 4.78 is 0. The van der Waals surface area contributed by atoms with Crippen LogP contribution in [0.3, 0.4) is 0 Å². The predicted octanol–water partition coefficient (Wildman–Crippen LogP) is 5.13. The molecule has 0 heterocycles. The van der Waals surface area contributed by atoms with E-state index >= 15 is 0 Å². The van der Waals surface area contributed by atoms with Gasteiger partial charge in [0.05, 0.1) is 9.85 Å². The summed E-state index contributed by atoms with van der Waals surface area (Å²) in [6.45, 7) is 0. The van der Waals surface area contributed by atoms with Gasteiger partial charge in [0.2, 0.25) is 0 Å². The van der Waals surface area contributed by atoms with E-state index in [1.807, 2.05) is 60.7 Å². The molecule has 0 aromatic heterocycles. The Morgan fingerprint density at radius 1 is 0.556 bits per heavy atom. The smallest absolute Gasteiger partial charge is 0.292 e. The molecule has 0 saturated carbocycles. The number of nitrogens with zero attached hydrogens (tertiary/aromatic N) is 2. The van der Waals surface area contributed by atoms with Crippen LogP contribution in [-0.2, 0) is 0 Å². The number of nitrogen functional groups attached to an aromatic ring is 2. The van der Waals surface area contributed by atoms with Crippen molar-refractivity contribution < 1.29 is 9.85 Å². The number of nitro groups is 2. The molecule has 0 unspecified atom stereocenters. The highest BCUT2D eigenvalue weighted by atomic mass is 16.6. The zero-order chi connectivity index (χ0) is 25.7. The van der Waals surface area contributed by atoms with Gasteiger partial charge in [-0.1, -0.05) is 60.1 Å². The minimum absolute atomic E-state index is 0.0806. The minimum atomic E-state index is -0.617. The molecule has 0 saturated heterocycles. The molecule has 36 heavy (non-hydrogen) atoms. The van der Waals surface area contributed by atoms with Crippen LogP contribution in [0, 0.1) is 43.9 Å². The fourth-order valence-electron chi connectivity index (χ4n) is 3.50. The normalized spacial score (nSPS) is 9.89. The Labute approximate surface area is 206 Å². The number of rotatable bonds is 3. The van der Waals surface area contributed by atoms with Crippen molar-refractivity contribution in [2.24, 2.45) is 0 Å². The standard InChI is InChI=1S/C28H18N4O4/c29-25-15-21(13-11-19-7-3-1-4-8-19)23(17-27(25)31(33)34)24-18-28(32(35)36)26(30)16-22(24)14-12-20-9-5-2-6-10-20/h1-10,15-18H,29-30H2. The molecule has 4 aromatic rings. The van der Waals surface area contributed by atoms with E-state index in [4.69, 9.17) is 11.5 Å². The van der Waals surface area contributed by atoms with Gasteiger partial charge in [-0.05, 0) is 36.4 Å². The van der Waals surface area contributed by atoms with Crippen molar-refractivity contribution in [3.8, 4) is 34.8 Å². The van der Waals surface area contributed by atoms with Gasteiger partial charge in [0.1, 0.15) is 11.4 Å². The van der Waals surface area contributed by atoms with Crippen molar-refractivity contribution in [3.05, 3.63) is 127 Å². The van der Waals surface area contributed by atoms with Gasteiger partial charge >= 0.3 is 0 Å². The predicted molar refractivity (Wildman–Crippen MR) is 139 cm³/mol. The third-order valence-electron chi connectivity index (χ3n) is 5.25. The Morgan fingerprint density at radius 2 is 0.917 bits per heavy atom. The first-order chi connectivity index (χ1) is 17.3. The molecule has 8 nitrogen and oxygen atoms in total. The quantitative estimate of drug-likeness (QED) is 0.183. The molecule has 0 radical (unpaired) electrons. The van der Waals surface area contributed by atoms with Gasteiger partial charge in [-0.25, -0.2) is 0 Å². The van der Waals surface area contributed by atoms with Crippen molar-refractivity contribution >= 4 is 22.7 Å².